The maximum atomic E-state index is 13.0. The van der Waals surface area contributed by atoms with E-state index >= 15 is 0 Å². The number of nitrogens with zero attached hydrogens (tertiary/aromatic N) is 2. The first-order chi connectivity index (χ1) is 15.6. The lowest BCUT2D eigenvalue weighted by Gasteiger charge is -2.30. The molecule has 0 unspecified atom stereocenters. The summed E-state index contributed by atoms with van der Waals surface area (Å²) in [6.07, 6.45) is 0.416. The van der Waals surface area contributed by atoms with Gasteiger partial charge in [0.15, 0.2) is 0 Å². The number of piperidine rings is 1. The molecule has 176 valence electrons. The molecule has 0 spiro atoms. The Hall–Kier alpha value is -3.38. The van der Waals surface area contributed by atoms with E-state index < -0.39 is 38.5 Å². The van der Waals surface area contributed by atoms with Crippen LogP contribution in [0, 0.1) is 28.8 Å². The zero-order chi connectivity index (χ0) is 24.2. The van der Waals surface area contributed by atoms with Crippen LogP contribution in [0.4, 0.5) is 10.1 Å². The van der Waals surface area contributed by atoms with Gasteiger partial charge in [-0.05, 0) is 43.0 Å². The van der Waals surface area contributed by atoms with E-state index in [-0.39, 0.29) is 42.9 Å². The number of carbonyl (C=O) groups excluding carboxylic acids is 2. The molecule has 1 aliphatic rings. The highest BCUT2D eigenvalue weighted by atomic mass is 32.2. The van der Waals surface area contributed by atoms with Gasteiger partial charge in [0.2, 0.25) is 21.8 Å². The molecule has 2 aromatic carbocycles. The molecule has 0 atom stereocenters. The minimum absolute atomic E-state index is 0.0419. The Kier molecular flexibility index (Phi) is 7.39. The normalized spacial score (nSPS) is 15.1. The second-order valence-electron chi connectivity index (χ2n) is 7.73. The summed E-state index contributed by atoms with van der Waals surface area (Å²) >= 11 is 0. The number of benzene rings is 2. The Morgan fingerprint density at radius 1 is 1.12 bits per heavy atom. The quantitative estimate of drug-likeness (QED) is 0.480. The van der Waals surface area contributed by atoms with Crippen molar-refractivity contribution in [3.05, 3.63) is 69.5 Å². The number of carbonyl (C=O) groups is 2. The van der Waals surface area contributed by atoms with Gasteiger partial charge in [0, 0.05) is 31.1 Å². The third kappa shape index (κ3) is 5.90. The number of sulfonamides is 1. The van der Waals surface area contributed by atoms with Gasteiger partial charge in [0.25, 0.3) is 5.69 Å². The molecule has 0 saturated carbocycles. The van der Waals surface area contributed by atoms with Crippen molar-refractivity contribution in [1.82, 2.24) is 15.2 Å². The molecule has 1 aliphatic heterocycles. The number of hydrogen-bond acceptors (Lipinski definition) is 6. The van der Waals surface area contributed by atoms with E-state index in [1.807, 2.05) is 0 Å². The SMILES string of the molecule is Cc1ccc([N+](=O)[O-])cc1S(=O)(=O)N1CCC(C(=O)NNC(=O)Cc2ccc(F)cc2)CC1. The van der Waals surface area contributed by atoms with Gasteiger partial charge < -0.3 is 0 Å². The van der Waals surface area contributed by atoms with Crippen molar-refractivity contribution >= 4 is 27.5 Å². The maximum absolute atomic E-state index is 13.0. The van der Waals surface area contributed by atoms with Gasteiger partial charge in [0.05, 0.1) is 16.2 Å². The number of halogens is 1. The predicted molar refractivity (Wildman–Crippen MR) is 116 cm³/mol. The molecule has 10 nitrogen and oxygen atoms in total. The topological polar surface area (TPSA) is 139 Å². The highest BCUT2D eigenvalue weighted by Gasteiger charge is 2.33. The molecular formula is C21H23FN4O6S. The smallest absolute Gasteiger partial charge is 0.270 e. The van der Waals surface area contributed by atoms with Crippen LogP contribution in [0.25, 0.3) is 0 Å². The summed E-state index contributed by atoms with van der Waals surface area (Å²) in [4.78, 5) is 34.6. The number of nitro benzene ring substituents is 1. The average molecular weight is 479 g/mol. The Bertz CT molecular complexity index is 1160. The summed E-state index contributed by atoms with van der Waals surface area (Å²) in [6.45, 7) is 1.68. The van der Waals surface area contributed by atoms with E-state index in [1.165, 1.54) is 40.7 Å². The highest BCUT2D eigenvalue weighted by Crippen LogP contribution is 2.28. The molecule has 1 fully saturated rings. The molecule has 0 radical (unpaired) electrons. The van der Waals surface area contributed by atoms with Crippen LogP contribution >= 0.6 is 0 Å². The number of non-ortho nitro benzene ring substituents is 1. The van der Waals surface area contributed by atoms with Gasteiger partial charge >= 0.3 is 0 Å². The van der Waals surface area contributed by atoms with Crippen LogP contribution in [0.5, 0.6) is 0 Å². The second kappa shape index (κ2) is 10.0. The molecule has 1 heterocycles. The lowest BCUT2D eigenvalue weighted by molar-refractivity contribution is -0.385. The fourth-order valence-electron chi connectivity index (χ4n) is 3.54. The van der Waals surface area contributed by atoms with Gasteiger partial charge in [-0.2, -0.15) is 4.31 Å². The van der Waals surface area contributed by atoms with Crippen LogP contribution in [0.1, 0.15) is 24.0 Å². The zero-order valence-electron chi connectivity index (χ0n) is 17.8. The number of rotatable bonds is 6. The van der Waals surface area contributed by atoms with E-state index in [4.69, 9.17) is 0 Å². The third-order valence-electron chi connectivity index (χ3n) is 5.43. The monoisotopic (exact) mass is 478 g/mol. The molecule has 33 heavy (non-hydrogen) atoms. The largest absolute Gasteiger partial charge is 0.273 e. The number of aryl methyl sites for hydroxylation is 1. The van der Waals surface area contributed by atoms with E-state index in [0.29, 0.717) is 11.1 Å². The van der Waals surface area contributed by atoms with Crippen LogP contribution in [0.2, 0.25) is 0 Å². The average Bonchev–Trinajstić information content (AvgIpc) is 2.79. The van der Waals surface area contributed by atoms with Gasteiger partial charge in [0.1, 0.15) is 5.82 Å². The lowest BCUT2D eigenvalue weighted by atomic mass is 9.98. The summed E-state index contributed by atoms with van der Waals surface area (Å²) < 4.78 is 40.1. The van der Waals surface area contributed by atoms with Crippen molar-refractivity contribution in [1.29, 1.82) is 0 Å². The van der Waals surface area contributed by atoms with Crippen LogP contribution in [-0.2, 0) is 26.0 Å². The molecule has 2 aromatic rings. The number of hydrazine groups is 1. The lowest BCUT2D eigenvalue weighted by Crippen LogP contribution is -2.48. The standard InChI is InChI=1S/C21H23FN4O6S/c1-14-2-7-18(26(29)30)13-19(14)33(31,32)25-10-8-16(9-11-25)21(28)24-23-20(27)12-15-3-5-17(22)6-4-15/h2-7,13,16H,8-12H2,1H3,(H,23,27)(H,24,28). The van der Waals surface area contributed by atoms with Gasteiger partial charge in [-0.15, -0.1) is 0 Å². The van der Waals surface area contributed by atoms with E-state index in [0.717, 1.165) is 6.07 Å². The summed E-state index contributed by atoms with van der Waals surface area (Å²) in [5, 5.41) is 11.0. The van der Waals surface area contributed by atoms with E-state index in [1.54, 1.807) is 6.92 Å². The number of nitro groups is 1. The molecule has 0 aromatic heterocycles. The third-order valence-corrected chi connectivity index (χ3v) is 7.47. The minimum atomic E-state index is -3.96. The summed E-state index contributed by atoms with van der Waals surface area (Å²) in [5.41, 5.74) is 5.31. The van der Waals surface area contributed by atoms with Crippen molar-refractivity contribution in [2.24, 2.45) is 5.92 Å². The van der Waals surface area contributed by atoms with E-state index in [9.17, 15) is 32.5 Å². The predicted octanol–water partition coefficient (Wildman–Crippen LogP) is 1.83. The van der Waals surface area contributed by atoms with Gasteiger partial charge in [-0.25, -0.2) is 12.8 Å². The van der Waals surface area contributed by atoms with Crippen molar-refractivity contribution in [3.63, 3.8) is 0 Å². The molecule has 0 bridgehead atoms. The van der Waals surface area contributed by atoms with E-state index in [2.05, 4.69) is 10.9 Å². The van der Waals surface area contributed by atoms with Crippen molar-refractivity contribution in [2.75, 3.05) is 13.1 Å². The Balaban J connectivity index is 1.54. The Labute approximate surface area is 189 Å². The molecule has 2 N–H and O–H groups in total. The van der Waals surface area contributed by atoms with Gasteiger partial charge in [-0.3, -0.25) is 30.6 Å². The first-order valence-corrected chi connectivity index (χ1v) is 11.6. The number of amides is 2. The summed E-state index contributed by atoms with van der Waals surface area (Å²) in [5.74, 6) is -1.84. The number of nitrogens with one attached hydrogen (secondary N) is 2. The number of hydrogen-bond donors (Lipinski definition) is 2. The van der Waals surface area contributed by atoms with Crippen molar-refractivity contribution < 1.29 is 27.3 Å². The van der Waals surface area contributed by atoms with Crippen LogP contribution in [0.15, 0.2) is 47.4 Å². The molecule has 12 heteroatoms. The fourth-order valence-corrected chi connectivity index (χ4v) is 5.26. The zero-order valence-corrected chi connectivity index (χ0v) is 18.6. The first-order valence-electron chi connectivity index (χ1n) is 10.2. The van der Waals surface area contributed by atoms with Crippen LogP contribution < -0.4 is 10.9 Å². The van der Waals surface area contributed by atoms with Crippen LogP contribution in [0.3, 0.4) is 0 Å². The van der Waals surface area contributed by atoms with Crippen LogP contribution in [-0.4, -0.2) is 42.6 Å². The maximum Gasteiger partial charge on any atom is 0.270 e. The van der Waals surface area contributed by atoms with Gasteiger partial charge in [-0.1, -0.05) is 18.2 Å². The van der Waals surface area contributed by atoms with Crippen molar-refractivity contribution in [2.45, 2.75) is 31.1 Å². The van der Waals surface area contributed by atoms with Crippen molar-refractivity contribution in [3.8, 4) is 0 Å². The molecule has 3 rings (SSSR count). The molecule has 2 amide bonds. The Morgan fingerprint density at radius 2 is 1.76 bits per heavy atom. The summed E-state index contributed by atoms with van der Waals surface area (Å²) in [6, 6.07) is 9.08. The Morgan fingerprint density at radius 3 is 2.36 bits per heavy atom. The fraction of sp³-hybridized carbons (Fsp3) is 0.333. The molecule has 0 aliphatic carbocycles. The molecular weight excluding hydrogens is 455 g/mol. The highest BCUT2D eigenvalue weighted by molar-refractivity contribution is 7.89. The second-order valence-corrected chi connectivity index (χ2v) is 9.63. The minimum Gasteiger partial charge on any atom is -0.273 e. The molecule has 1 saturated heterocycles. The first kappa shape index (κ1) is 24.3. The summed E-state index contributed by atoms with van der Waals surface area (Å²) in [7, 11) is -3.96.